The molecule has 0 saturated heterocycles. The maximum absolute atomic E-state index is 10.3. The minimum Gasteiger partial charge on any atom is -0.493 e. The van der Waals surface area contributed by atoms with E-state index in [9.17, 15) is 5.11 Å². The molecule has 5 nitrogen and oxygen atoms in total. The number of para-hydroxylation sites is 1. The van der Waals surface area contributed by atoms with Crippen LogP contribution in [0.3, 0.4) is 0 Å². The van der Waals surface area contributed by atoms with E-state index in [0.717, 1.165) is 17.1 Å². The van der Waals surface area contributed by atoms with Gasteiger partial charge in [-0.3, -0.25) is 4.90 Å². The molecule has 0 aliphatic rings. The highest BCUT2D eigenvalue weighted by Gasteiger charge is 2.18. The molecule has 0 heterocycles. The SMILES string of the molecule is COc1cccc(CN(CC(O)COCC(C)C)C(C)C)c1OC. The summed E-state index contributed by atoms with van der Waals surface area (Å²) in [6, 6.07) is 6.16. The monoisotopic (exact) mass is 339 g/mol. The fourth-order valence-corrected chi connectivity index (χ4v) is 2.52. The Hall–Kier alpha value is -1.30. The van der Waals surface area contributed by atoms with Crippen molar-refractivity contribution in [3.63, 3.8) is 0 Å². The molecular weight excluding hydrogens is 306 g/mol. The summed E-state index contributed by atoms with van der Waals surface area (Å²) < 4.78 is 16.4. The van der Waals surface area contributed by atoms with E-state index in [4.69, 9.17) is 14.2 Å². The van der Waals surface area contributed by atoms with E-state index in [2.05, 4.69) is 32.6 Å². The molecule has 1 aromatic rings. The van der Waals surface area contributed by atoms with E-state index in [1.165, 1.54) is 0 Å². The van der Waals surface area contributed by atoms with Crippen LogP contribution in [0.2, 0.25) is 0 Å². The van der Waals surface area contributed by atoms with Crippen molar-refractivity contribution >= 4 is 0 Å². The second-order valence-corrected chi connectivity index (χ2v) is 6.76. The van der Waals surface area contributed by atoms with E-state index in [1.54, 1.807) is 14.2 Å². The zero-order valence-electron chi connectivity index (χ0n) is 15.9. The Kier molecular flexibility index (Phi) is 9.11. The van der Waals surface area contributed by atoms with Gasteiger partial charge < -0.3 is 19.3 Å². The van der Waals surface area contributed by atoms with Crippen molar-refractivity contribution in [3.8, 4) is 11.5 Å². The lowest BCUT2D eigenvalue weighted by Crippen LogP contribution is -2.39. The zero-order chi connectivity index (χ0) is 18.1. The summed E-state index contributed by atoms with van der Waals surface area (Å²) in [6.45, 7) is 10.7. The Bertz CT molecular complexity index is 476. The van der Waals surface area contributed by atoms with E-state index in [0.29, 0.717) is 38.3 Å². The summed E-state index contributed by atoms with van der Waals surface area (Å²) in [5.74, 6) is 1.94. The highest BCUT2D eigenvalue weighted by Crippen LogP contribution is 2.31. The largest absolute Gasteiger partial charge is 0.493 e. The predicted molar refractivity (Wildman–Crippen MR) is 96.8 cm³/mol. The van der Waals surface area contributed by atoms with E-state index in [1.807, 2.05) is 18.2 Å². The lowest BCUT2D eigenvalue weighted by molar-refractivity contribution is 0.00161. The average molecular weight is 339 g/mol. The number of methoxy groups -OCH3 is 2. The maximum atomic E-state index is 10.3. The highest BCUT2D eigenvalue weighted by molar-refractivity contribution is 5.46. The number of rotatable bonds is 11. The third-order valence-electron chi connectivity index (χ3n) is 3.79. The van der Waals surface area contributed by atoms with Crippen LogP contribution in [0, 0.1) is 5.92 Å². The van der Waals surface area contributed by atoms with Gasteiger partial charge in [-0.1, -0.05) is 26.0 Å². The maximum Gasteiger partial charge on any atom is 0.165 e. The van der Waals surface area contributed by atoms with Gasteiger partial charge in [-0.2, -0.15) is 0 Å². The van der Waals surface area contributed by atoms with Crippen LogP contribution in [0.5, 0.6) is 11.5 Å². The summed E-state index contributed by atoms with van der Waals surface area (Å²) in [5.41, 5.74) is 1.04. The Morgan fingerprint density at radius 2 is 1.75 bits per heavy atom. The normalized spacial score (nSPS) is 12.9. The van der Waals surface area contributed by atoms with Crippen LogP contribution in [0.1, 0.15) is 33.3 Å². The first-order valence-corrected chi connectivity index (χ1v) is 8.58. The molecule has 0 saturated carbocycles. The molecule has 1 N–H and O–H groups in total. The molecule has 138 valence electrons. The third kappa shape index (κ3) is 6.67. The molecule has 0 aromatic heterocycles. The standard InChI is InChI=1S/C19H33NO4/c1-14(2)12-24-13-17(21)11-20(15(3)4)10-16-8-7-9-18(22-5)19(16)23-6/h7-9,14-15,17,21H,10-13H2,1-6H3. The third-order valence-corrected chi connectivity index (χ3v) is 3.79. The molecule has 0 bridgehead atoms. The Morgan fingerprint density at radius 3 is 2.29 bits per heavy atom. The molecule has 0 aliphatic carbocycles. The minimum atomic E-state index is -0.511. The average Bonchev–Trinajstić information content (AvgIpc) is 2.53. The van der Waals surface area contributed by atoms with Gasteiger partial charge in [-0.15, -0.1) is 0 Å². The lowest BCUT2D eigenvalue weighted by atomic mass is 10.1. The molecule has 1 unspecified atom stereocenters. The summed E-state index contributed by atoms with van der Waals surface area (Å²) in [6.07, 6.45) is -0.511. The van der Waals surface area contributed by atoms with Crippen molar-refractivity contribution in [1.82, 2.24) is 4.90 Å². The molecular formula is C19H33NO4. The number of hydrogen-bond acceptors (Lipinski definition) is 5. The molecule has 0 radical (unpaired) electrons. The van der Waals surface area contributed by atoms with Gasteiger partial charge >= 0.3 is 0 Å². The summed E-state index contributed by atoms with van der Waals surface area (Å²) in [4.78, 5) is 2.21. The van der Waals surface area contributed by atoms with Crippen LogP contribution in [-0.2, 0) is 11.3 Å². The number of aliphatic hydroxyl groups is 1. The van der Waals surface area contributed by atoms with Gasteiger partial charge in [0.15, 0.2) is 11.5 Å². The summed E-state index contributed by atoms with van der Waals surface area (Å²) in [7, 11) is 3.29. The predicted octanol–water partition coefficient (Wildman–Crippen LogP) is 2.95. The first-order valence-electron chi connectivity index (χ1n) is 8.58. The van der Waals surface area contributed by atoms with Crippen LogP contribution < -0.4 is 9.47 Å². The molecule has 0 aliphatic heterocycles. The molecule has 5 heteroatoms. The zero-order valence-corrected chi connectivity index (χ0v) is 15.9. The second-order valence-electron chi connectivity index (χ2n) is 6.76. The number of nitrogens with zero attached hydrogens (tertiary/aromatic N) is 1. The van der Waals surface area contributed by atoms with E-state index < -0.39 is 6.10 Å². The molecule has 24 heavy (non-hydrogen) atoms. The van der Waals surface area contributed by atoms with Gasteiger partial charge in [0.25, 0.3) is 0 Å². The lowest BCUT2D eigenvalue weighted by Gasteiger charge is -2.29. The topological polar surface area (TPSA) is 51.2 Å². The number of benzene rings is 1. The van der Waals surface area contributed by atoms with Gasteiger partial charge in [-0.05, 0) is 25.8 Å². The van der Waals surface area contributed by atoms with Crippen molar-refractivity contribution < 1.29 is 19.3 Å². The smallest absolute Gasteiger partial charge is 0.165 e. The minimum absolute atomic E-state index is 0.292. The molecule has 1 atom stereocenters. The molecule has 1 rings (SSSR count). The van der Waals surface area contributed by atoms with Gasteiger partial charge in [0, 0.05) is 31.3 Å². The van der Waals surface area contributed by atoms with Crippen LogP contribution >= 0.6 is 0 Å². The Balaban J connectivity index is 2.73. The van der Waals surface area contributed by atoms with Crippen LogP contribution in [-0.4, -0.2) is 56.1 Å². The van der Waals surface area contributed by atoms with Crippen LogP contribution in [0.25, 0.3) is 0 Å². The molecule has 0 spiro atoms. The second kappa shape index (κ2) is 10.5. The fraction of sp³-hybridized carbons (Fsp3) is 0.684. The van der Waals surface area contributed by atoms with Gasteiger partial charge in [0.05, 0.1) is 26.9 Å². The van der Waals surface area contributed by atoms with Gasteiger partial charge in [-0.25, -0.2) is 0 Å². The van der Waals surface area contributed by atoms with Crippen LogP contribution in [0.4, 0.5) is 0 Å². The highest BCUT2D eigenvalue weighted by atomic mass is 16.5. The number of hydrogen-bond donors (Lipinski definition) is 1. The van der Waals surface area contributed by atoms with Gasteiger partial charge in [0.1, 0.15) is 0 Å². The van der Waals surface area contributed by atoms with Crippen molar-refractivity contribution in [1.29, 1.82) is 0 Å². The molecule has 0 amide bonds. The molecule has 1 aromatic carbocycles. The summed E-state index contributed by atoms with van der Waals surface area (Å²) >= 11 is 0. The van der Waals surface area contributed by atoms with E-state index >= 15 is 0 Å². The molecule has 0 fully saturated rings. The van der Waals surface area contributed by atoms with Crippen LogP contribution in [0.15, 0.2) is 18.2 Å². The van der Waals surface area contributed by atoms with Crippen molar-refractivity contribution in [2.75, 3.05) is 34.0 Å². The first kappa shape index (κ1) is 20.7. The fourth-order valence-electron chi connectivity index (χ4n) is 2.52. The van der Waals surface area contributed by atoms with Gasteiger partial charge in [0.2, 0.25) is 0 Å². The van der Waals surface area contributed by atoms with Crippen molar-refractivity contribution in [2.45, 2.75) is 46.4 Å². The van der Waals surface area contributed by atoms with Crippen molar-refractivity contribution in [2.24, 2.45) is 5.92 Å². The number of aliphatic hydroxyl groups excluding tert-OH is 1. The van der Waals surface area contributed by atoms with E-state index in [-0.39, 0.29) is 0 Å². The Labute approximate surface area is 146 Å². The summed E-state index contributed by atoms with van der Waals surface area (Å²) in [5, 5.41) is 10.3. The van der Waals surface area contributed by atoms with Crippen molar-refractivity contribution in [3.05, 3.63) is 23.8 Å². The quantitative estimate of drug-likeness (QED) is 0.672. The first-order chi connectivity index (χ1) is 11.4. The Morgan fingerprint density at radius 1 is 1.04 bits per heavy atom. The number of ether oxygens (including phenoxy) is 3.